The molecule has 0 aliphatic carbocycles. The first-order valence-electron chi connectivity index (χ1n) is 26.7. The van der Waals surface area contributed by atoms with Crippen LogP contribution in [0.15, 0.2) is 122 Å². The molecule has 0 heterocycles. The maximum absolute atomic E-state index is 12.8. The number of carbonyl (C=O) groups is 3. The summed E-state index contributed by atoms with van der Waals surface area (Å²) in [4.78, 5) is 37.2. The molecule has 2 unspecified atom stereocenters. The molecule has 0 aromatic carbocycles. The highest BCUT2D eigenvalue weighted by atomic mass is 16.7. The molecular formula is C60H97NO8. The number of carbonyl (C=O) groups excluding carboxylic acids is 3. The van der Waals surface area contributed by atoms with Crippen molar-refractivity contribution in [3.05, 3.63) is 122 Å². The van der Waals surface area contributed by atoms with Crippen molar-refractivity contribution in [2.24, 2.45) is 0 Å². The normalized spacial score (nSPS) is 13.8. The minimum absolute atomic E-state index is 0.127. The Balaban J connectivity index is 4.49. The van der Waals surface area contributed by atoms with Crippen LogP contribution in [0.25, 0.3) is 0 Å². The number of likely N-dealkylation sites (N-methyl/N-ethyl adjacent to an activating group) is 1. The Bertz CT molecular complexity index is 1540. The number of carboxylic acid groups (broad SMARTS) is 1. The zero-order chi connectivity index (χ0) is 50.6. The van der Waals surface area contributed by atoms with Gasteiger partial charge >= 0.3 is 11.9 Å². The minimum atomic E-state index is -1.65. The van der Waals surface area contributed by atoms with Gasteiger partial charge in [-0.3, -0.25) is 9.59 Å². The van der Waals surface area contributed by atoms with Gasteiger partial charge in [0.05, 0.1) is 40.3 Å². The van der Waals surface area contributed by atoms with E-state index in [1.165, 1.54) is 38.5 Å². The summed E-state index contributed by atoms with van der Waals surface area (Å²) in [6.45, 7) is 4.51. The summed E-state index contributed by atoms with van der Waals surface area (Å²) in [6.07, 6.45) is 66.7. The summed E-state index contributed by atoms with van der Waals surface area (Å²) in [5.41, 5.74) is 0. The molecule has 0 saturated carbocycles. The zero-order valence-corrected chi connectivity index (χ0v) is 44.1. The number of allylic oxidation sites excluding steroid dienone is 20. The average Bonchev–Trinajstić information content (AvgIpc) is 3.31. The van der Waals surface area contributed by atoms with E-state index in [1.54, 1.807) is 0 Å². The third-order valence-corrected chi connectivity index (χ3v) is 10.7. The maximum atomic E-state index is 12.8. The standard InChI is InChI=1S/C60H97NO8/c1-6-8-10-12-14-16-18-20-22-24-26-28-29-31-33-35-37-39-41-43-45-47-49-51-58(63)69-56(55-68-60(59(64)65)66-53-52-61(3,4)5)54-67-57(62)50-48-46-44-42-40-38-36-34-32-30-27-25-23-21-19-17-15-13-11-9-7-2/h8,10,14,16,19-22,25-28,31-34,37,39,43,45,56,60H,6-7,9,11-13,15,17-18,23-24,29-30,35-36,38,40-42,44,46-55H2,1-5H3/b10-8-,16-14-,21-19-,22-20-,27-25-,28-26-,33-31-,34-32-,39-37-,45-43-. The van der Waals surface area contributed by atoms with E-state index >= 15 is 0 Å². The fraction of sp³-hybridized carbons (Fsp3) is 0.617. The summed E-state index contributed by atoms with van der Waals surface area (Å²) in [5.74, 6) is -2.40. The fourth-order valence-corrected chi connectivity index (χ4v) is 6.59. The van der Waals surface area contributed by atoms with Gasteiger partial charge in [0.2, 0.25) is 0 Å². The first-order chi connectivity index (χ1) is 33.6. The van der Waals surface area contributed by atoms with Gasteiger partial charge in [0.25, 0.3) is 0 Å². The maximum Gasteiger partial charge on any atom is 0.306 e. The number of carboxylic acids is 1. The van der Waals surface area contributed by atoms with Crippen molar-refractivity contribution in [1.29, 1.82) is 0 Å². The molecule has 2 atom stereocenters. The molecule has 0 amide bonds. The largest absolute Gasteiger partial charge is 0.545 e. The molecule has 0 fully saturated rings. The molecule has 0 aliphatic rings. The number of unbranched alkanes of at least 4 members (excludes halogenated alkanes) is 12. The SMILES string of the molecule is CC/C=C\C/C=C\C/C=C\C/C=C\C/C=C\C/C=C\C/C=C\CCCC(=O)OC(COC(=O)CCCCCCCC/C=C\C/C=C\C/C=C\CCCCCCC)COC(OCC[N+](C)(C)C)C(=O)[O-]. The van der Waals surface area contributed by atoms with Crippen molar-refractivity contribution >= 4 is 17.9 Å². The van der Waals surface area contributed by atoms with Gasteiger partial charge in [-0.1, -0.05) is 187 Å². The molecule has 0 aliphatic heterocycles. The first kappa shape index (κ1) is 64.7. The van der Waals surface area contributed by atoms with Crippen LogP contribution in [0.1, 0.15) is 181 Å². The number of esters is 2. The lowest BCUT2D eigenvalue weighted by Gasteiger charge is -2.26. The number of hydrogen-bond donors (Lipinski definition) is 0. The molecule has 0 rings (SSSR count). The van der Waals surface area contributed by atoms with Crippen LogP contribution in [-0.4, -0.2) is 82.3 Å². The lowest BCUT2D eigenvalue weighted by Crippen LogP contribution is -2.44. The Morgan fingerprint density at radius 3 is 1.28 bits per heavy atom. The van der Waals surface area contributed by atoms with Crippen molar-refractivity contribution in [2.45, 2.75) is 193 Å². The Hall–Kier alpha value is -4.31. The molecule has 69 heavy (non-hydrogen) atoms. The lowest BCUT2D eigenvalue weighted by molar-refractivity contribution is -0.870. The van der Waals surface area contributed by atoms with Crippen LogP contribution in [0.4, 0.5) is 0 Å². The third-order valence-electron chi connectivity index (χ3n) is 10.7. The van der Waals surface area contributed by atoms with Crippen LogP contribution in [0.2, 0.25) is 0 Å². The van der Waals surface area contributed by atoms with E-state index in [1.807, 2.05) is 27.2 Å². The Kier molecular flexibility index (Phi) is 47.0. The second-order valence-corrected chi connectivity index (χ2v) is 18.4. The molecule has 9 nitrogen and oxygen atoms in total. The number of rotatable bonds is 47. The van der Waals surface area contributed by atoms with Gasteiger partial charge in [-0.05, 0) is 103 Å². The predicted molar refractivity (Wildman–Crippen MR) is 287 cm³/mol. The van der Waals surface area contributed by atoms with Crippen LogP contribution in [-0.2, 0) is 33.3 Å². The average molecular weight is 960 g/mol. The van der Waals surface area contributed by atoms with Crippen molar-refractivity contribution in [3.63, 3.8) is 0 Å². The van der Waals surface area contributed by atoms with Crippen molar-refractivity contribution in [3.8, 4) is 0 Å². The van der Waals surface area contributed by atoms with E-state index in [9.17, 15) is 19.5 Å². The van der Waals surface area contributed by atoms with E-state index in [-0.39, 0.29) is 32.7 Å². The number of ether oxygens (including phenoxy) is 4. The van der Waals surface area contributed by atoms with Gasteiger partial charge in [0.15, 0.2) is 12.4 Å². The molecule has 0 bridgehead atoms. The Labute approximate surface area is 421 Å². The third kappa shape index (κ3) is 51.4. The summed E-state index contributed by atoms with van der Waals surface area (Å²) < 4.78 is 22.6. The highest BCUT2D eigenvalue weighted by molar-refractivity contribution is 5.70. The molecular weight excluding hydrogens is 863 g/mol. The van der Waals surface area contributed by atoms with Crippen LogP contribution < -0.4 is 5.11 Å². The number of aliphatic carboxylic acids is 1. The number of quaternary nitrogens is 1. The van der Waals surface area contributed by atoms with E-state index < -0.39 is 30.3 Å². The van der Waals surface area contributed by atoms with Crippen LogP contribution in [0.5, 0.6) is 0 Å². The molecule has 0 radical (unpaired) electrons. The van der Waals surface area contributed by atoms with Crippen LogP contribution in [0, 0.1) is 0 Å². The van der Waals surface area contributed by atoms with E-state index in [0.29, 0.717) is 30.3 Å². The van der Waals surface area contributed by atoms with Crippen LogP contribution >= 0.6 is 0 Å². The van der Waals surface area contributed by atoms with Gasteiger partial charge < -0.3 is 33.3 Å². The van der Waals surface area contributed by atoms with Gasteiger partial charge in [0.1, 0.15) is 13.2 Å². The van der Waals surface area contributed by atoms with Crippen molar-refractivity contribution in [1.82, 2.24) is 0 Å². The van der Waals surface area contributed by atoms with Crippen LogP contribution in [0.3, 0.4) is 0 Å². The summed E-state index contributed by atoms with van der Waals surface area (Å²) >= 11 is 0. The molecule has 390 valence electrons. The summed E-state index contributed by atoms with van der Waals surface area (Å²) in [7, 11) is 5.88. The smallest absolute Gasteiger partial charge is 0.306 e. The van der Waals surface area contributed by atoms with Crippen molar-refractivity contribution in [2.75, 3.05) is 47.5 Å². The second-order valence-electron chi connectivity index (χ2n) is 18.4. The Morgan fingerprint density at radius 1 is 0.449 bits per heavy atom. The zero-order valence-electron chi connectivity index (χ0n) is 44.1. The van der Waals surface area contributed by atoms with Gasteiger partial charge in [-0.25, -0.2) is 0 Å². The fourth-order valence-electron chi connectivity index (χ4n) is 6.59. The molecule has 0 N–H and O–H groups in total. The van der Waals surface area contributed by atoms with Gasteiger partial charge in [0, 0.05) is 12.8 Å². The van der Waals surface area contributed by atoms with E-state index in [0.717, 1.165) is 96.3 Å². The Morgan fingerprint density at radius 2 is 0.841 bits per heavy atom. The monoisotopic (exact) mass is 960 g/mol. The highest BCUT2D eigenvalue weighted by Crippen LogP contribution is 2.12. The molecule has 0 saturated heterocycles. The molecule has 9 heteroatoms. The molecule has 0 spiro atoms. The summed E-state index contributed by atoms with van der Waals surface area (Å²) in [6, 6.07) is 0. The van der Waals surface area contributed by atoms with E-state index in [4.69, 9.17) is 18.9 Å². The minimum Gasteiger partial charge on any atom is -0.545 e. The first-order valence-corrected chi connectivity index (χ1v) is 26.7. The highest BCUT2D eigenvalue weighted by Gasteiger charge is 2.21. The molecule has 0 aromatic rings. The topological polar surface area (TPSA) is 111 Å². The second kappa shape index (κ2) is 50.1. The quantitative estimate of drug-likeness (QED) is 0.0195. The molecule has 0 aromatic heterocycles. The summed E-state index contributed by atoms with van der Waals surface area (Å²) in [5, 5.41) is 11.7. The van der Waals surface area contributed by atoms with Gasteiger partial charge in [-0.15, -0.1) is 0 Å². The number of hydrogen-bond acceptors (Lipinski definition) is 8. The predicted octanol–water partition coefficient (Wildman–Crippen LogP) is 14.0. The lowest BCUT2D eigenvalue weighted by atomic mass is 10.1. The van der Waals surface area contributed by atoms with Gasteiger partial charge in [-0.2, -0.15) is 0 Å². The van der Waals surface area contributed by atoms with Crippen molar-refractivity contribution < 1.29 is 42.9 Å². The van der Waals surface area contributed by atoms with E-state index in [2.05, 4.69) is 129 Å². The number of nitrogens with zero attached hydrogens (tertiary/aromatic N) is 1.